The van der Waals surface area contributed by atoms with Gasteiger partial charge in [0, 0.05) is 29.4 Å². The van der Waals surface area contributed by atoms with Crippen LogP contribution in [0.4, 0.5) is 10.9 Å². The number of carboxylic acid groups (broad SMARTS) is 1. The van der Waals surface area contributed by atoms with Gasteiger partial charge in [0.1, 0.15) is 24.2 Å². The quantitative estimate of drug-likeness (QED) is 0.150. The van der Waals surface area contributed by atoms with E-state index in [-0.39, 0.29) is 22.4 Å². The predicted octanol–water partition coefficient (Wildman–Crippen LogP) is -1.19. The molecule has 184 valence electrons. The maximum atomic E-state index is 13.0. The molecule has 2 aromatic heterocycles. The summed E-state index contributed by atoms with van der Waals surface area (Å²) >= 11 is 2.28. The van der Waals surface area contributed by atoms with Gasteiger partial charge in [-0.05, 0) is 6.42 Å². The lowest BCUT2D eigenvalue weighted by atomic mass is 10.0. The number of amides is 2. The number of hydrogen-bond acceptors (Lipinski definition) is 11. The van der Waals surface area contributed by atoms with Gasteiger partial charge in [0.25, 0.3) is 11.8 Å². The van der Waals surface area contributed by atoms with Crippen molar-refractivity contribution in [2.75, 3.05) is 30.5 Å². The zero-order valence-corrected chi connectivity index (χ0v) is 20.1. The van der Waals surface area contributed by atoms with E-state index in [1.54, 1.807) is 0 Å². The van der Waals surface area contributed by atoms with E-state index >= 15 is 0 Å². The van der Waals surface area contributed by atoms with E-state index in [1.807, 2.05) is 16.9 Å². The summed E-state index contributed by atoms with van der Waals surface area (Å²) in [5, 5.41) is 19.1. The first-order valence-electron chi connectivity index (χ1n) is 10.6. The highest BCUT2D eigenvalue weighted by atomic mass is 32.2. The number of nitrogens with two attached hydrogens (primary N) is 1. The van der Waals surface area contributed by atoms with Crippen molar-refractivity contribution in [1.29, 1.82) is 0 Å². The topological polar surface area (TPSA) is 181 Å². The van der Waals surface area contributed by atoms with E-state index in [0.29, 0.717) is 17.9 Å². The van der Waals surface area contributed by atoms with Crippen LogP contribution >= 0.6 is 23.3 Å². The van der Waals surface area contributed by atoms with Crippen molar-refractivity contribution in [3.8, 4) is 0 Å². The average molecular weight is 521 g/mol. The van der Waals surface area contributed by atoms with E-state index in [4.69, 9.17) is 10.6 Å². The molecule has 3 aliphatic rings. The largest absolute Gasteiger partial charge is 0.477 e. The zero-order chi connectivity index (χ0) is 24.7. The molecule has 1 saturated heterocycles. The van der Waals surface area contributed by atoms with Gasteiger partial charge >= 0.3 is 5.97 Å². The molecule has 2 atom stereocenters. The molecule has 2 amide bonds. The minimum atomic E-state index is -1.18. The first-order valence-corrected chi connectivity index (χ1v) is 12.5. The number of fused-ring (bicyclic) bond motifs is 2. The van der Waals surface area contributed by atoms with E-state index in [2.05, 4.69) is 29.8 Å². The molecule has 0 bridgehead atoms. The van der Waals surface area contributed by atoms with Crippen LogP contribution in [0, 0.1) is 0 Å². The number of carboxylic acids is 1. The monoisotopic (exact) mass is 520 g/mol. The van der Waals surface area contributed by atoms with Crippen LogP contribution in [0.1, 0.15) is 12.2 Å². The first-order chi connectivity index (χ1) is 16.9. The molecule has 1 fully saturated rings. The number of β-lactam (4-membered cyclic amide) rings is 1. The molecule has 5 N–H and O–H groups in total. The Morgan fingerprint density at radius 3 is 3.03 bits per heavy atom. The van der Waals surface area contributed by atoms with Crippen LogP contribution in [0.15, 0.2) is 28.7 Å². The van der Waals surface area contributed by atoms with Crippen molar-refractivity contribution in [3.05, 3.63) is 29.4 Å². The normalized spacial score (nSPS) is 21.6. The number of nitrogens with one attached hydrogen (secondary N) is 2. The van der Waals surface area contributed by atoms with E-state index in [1.165, 1.54) is 23.8 Å². The Hall–Kier alpha value is -3.66. The van der Waals surface area contributed by atoms with Gasteiger partial charge in [-0.3, -0.25) is 14.5 Å². The second kappa shape index (κ2) is 9.18. The molecule has 0 aromatic carbocycles. The molecule has 0 aliphatic carbocycles. The number of anilines is 2. The Morgan fingerprint density at radius 1 is 1.49 bits per heavy atom. The van der Waals surface area contributed by atoms with Crippen molar-refractivity contribution in [2.45, 2.75) is 30.9 Å². The van der Waals surface area contributed by atoms with Crippen molar-refractivity contribution in [2.24, 2.45) is 5.16 Å². The molecule has 0 spiro atoms. The van der Waals surface area contributed by atoms with Crippen LogP contribution in [-0.2, 0) is 32.3 Å². The minimum Gasteiger partial charge on any atom is -0.477 e. The fourth-order valence-corrected chi connectivity index (χ4v) is 6.03. The van der Waals surface area contributed by atoms with E-state index in [0.717, 1.165) is 36.9 Å². The summed E-state index contributed by atoms with van der Waals surface area (Å²) in [6, 6.07) is 1.02. The summed E-state index contributed by atoms with van der Waals surface area (Å²) in [6.45, 7) is 2.05. The number of aromatic nitrogens is 4. The third-order valence-electron chi connectivity index (χ3n) is 5.79. The molecular weight excluding hydrogens is 498 g/mol. The third kappa shape index (κ3) is 4.07. The molecular formula is C19H22N9O5S2+. The zero-order valence-electron chi connectivity index (χ0n) is 18.5. The van der Waals surface area contributed by atoms with Crippen LogP contribution in [0.25, 0.3) is 0 Å². The van der Waals surface area contributed by atoms with Crippen molar-refractivity contribution in [3.63, 3.8) is 0 Å². The van der Waals surface area contributed by atoms with Crippen molar-refractivity contribution >= 4 is 57.7 Å². The van der Waals surface area contributed by atoms with Gasteiger partial charge in [0.05, 0.1) is 12.6 Å². The van der Waals surface area contributed by atoms with Crippen molar-refractivity contribution in [1.82, 2.24) is 24.3 Å². The maximum absolute atomic E-state index is 13.0. The van der Waals surface area contributed by atoms with Crippen molar-refractivity contribution < 1.29 is 29.0 Å². The van der Waals surface area contributed by atoms with E-state index in [9.17, 15) is 19.5 Å². The summed E-state index contributed by atoms with van der Waals surface area (Å²) in [5.41, 5.74) is 5.93. The molecule has 0 unspecified atom stereocenters. The van der Waals surface area contributed by atoms with Gasteiger partial charge in [0.15, 0.2) is 23.7 Å². The molecule has 3 aliphatic heterocycles. The van der Waals surface area contributed by atoms with E-state index < -0.39 is 29.2 Å². The molecule has 2 aromatic rings. The van der Waals surface area contributed by atoms with Gasteiger partial charge in [-0.1, -0.05) is 5.16 Å². The van der Waals surface area contributed by atoms with Gasteiger partial charge in [0.2, 0.25) is 11.5 Å². The molecule has 35 heavy (non-hydrogen) atoms. The average Bonchev–Trinajstić information content (AvgIpc) is 3.46. The molecule has 0 radical (unpaired) electrons. The molecule has 0 saturated carbocycles. The smallest absolute Gasteiger partial charge is 0.352 e. The molecule has 14 nitrogen and oxygen atoms in total. The standard InChI is InChI=1S/C19H21N9O5S2/c1-33-24-11(14-23-19(20)35-25-14)15(29)22-12-16(30)28-13(18(31)32)9(8-34-17(12)28)7-26-6-3-10-21-4-2-5-27(10)26/h3,6,12,17H,2,4-5,7-8H2,1H3,(H4,20,22,23,25,29,31,32)/p+1/t12-,17-/m1/s1. The fourth-order valence-electron chi connectivity index (χ4n) is 4.26. The number of aliphatic carboxylic acids is 1. The third-order valence-corrected chi connectivity index (χ3v) is 7.67. The highest BCUT2D eigenvalue weighted by molar-refractivity contribution is 8.00. The SMILES string of the molecule is CON=C(C(=O)N[C@@H]1C(=O)N2C(C(=O)O)=C(C[n+]3ccc4n3CCCN4)CS[C@H]12)c1nsc(N)n1. The summed E-state index contributed by atoms with van der Waals surface area (Å²) in [4.78, 5) is 47.9. The number of hydrogen-bond donors (Lipinski definition) is 4. The minimum absolute atomic E-state index is 0.0257. The number of carbonyl (C=O) groups excluding carboxylic acids is 2. The van der Waals surface area contributed by atoms with Gasteiger partial charge in [-0.2, -0.15) is 9.36 Å². The summed E-state index contributed by atoms with van der Waals surface area (Å²) < 4.78 is 7.97. The van der Waals surface area contributed by atoms with Crippen LogP contribution in [0.3, 0.4) is 0 Å². The predicted molar refractivity (Wildman–Crippen MR) is 125 cm³/mol. The number of carbonyl (C=O) groups is 3. The number of nitrogens with zero attached hydrogens (tertiary/aromatic N) is 6. The highest BCUT2D eigenvalue weighted by Gasteiger charge is 2.55. The number of rotatable bonds is 7. The fraction of sp³-hybridized carbons (Fsp3) is 0.421. The maximum Gasteiger partial charge on any atom is 0.352 e. The lowest BCUT2D eigenvalue weighted by Crippen LogP contribution is -2.71. The lowest BCUT2D eigenvalue weighted by Gasteiger charge is -2.49. The summed E-state index contributed by atoms with van der Waals surface area (Å²) in [6.07, 6.45) is 2.86. The Morgan fingerprint density at radius 2 is 2.31 bits per heavy atom. The summed E-state index contributed by atoms with van der Waals surface area (Å²) in [7, 11) is 1.26. The first kappa shape index (κ1) is 23.1. The van der Waals surface area contributed by atoms with Gasteiger partial charge in [-0.15, -0.1) is 21.1 Å². The molecule has 5 rings (SSSR count). The van der Waals surface area contributed by atoms with Crippen LogP contribution in [0.2, 0.25) is 0 Å². The Labute approximate surface area is 206 Å². The second-order valence-electron chi connectivity index (χ2n) is 7.90. The number of nitrogen functional groups attached to an aromatic ring is 1. The van der Waals surface area contributed by atoms with Gasteiger partial charge < -0.3 is 26.3 Å². The summed E-state index contributed by atoms with van der Waals surface area (Å²) in [5.74, 6) is -1.08. The number of thioether (sulfide) groups is 1. The Bertz CT molecular complexity index is 1270. The van der Waals surface area contributed by atoms with Crippen LogP contribution in [-0.4, -0.2) is 78.4 Å². The Kier molecular flexibility index (Phi) is 6.06. The lowest BCUT2D eigenvalue weighted by molar-refractivity contribution is -0.768. The van der Waals surface area contributed by atoms with Gasteiger partial charge in [-0.25, -0.2) is 4.79 Å². The highest BCUT2D eigenvalue weighted by Crippen LogP contribution is 2.40. The van der Waals surface area contributed by atoms with Crippen LogP contribution < -0.4 is 21.0 Å². The second-order valence-corrected chi connectivity index (χ2v) is 9.79. The molecule has 16 heteroatoms. The number of oxime groups is 1. The molecule has 5 heterocycles. The van der Waals surface area contributed by atoms with Crippen LogP contribution in [0.5, 0.6) is 0 Å². The Balaban J connectivity index is 1.35.